The van der Waals surface area contributed by atoms with Crippen molar-refractivity contribution in [3.63, 3.8) is 0 Å². The highest BCUT2D eigenvalue weighted by Crippen LogP contribution is 2.44. The number of methoxy groups -OCH3 is 1. The Labute approximate surface area is 148 Å². The third kappa shape index (κ3) is 2.64. The van der Waals surface area contributed by atoms with Crippen molar-refractivity contribution in [2.24, 2.45) is 0 Å². The predicted molar refractivity (Wildman–Crippen MR) is 99.3 cm³/mol. The van der Waals surface area contributed by atoms with Crippen molar-refractivity contribution in [2.75, 3.05) is 7.11 Å². The lowest BCUT2D eigenvalue weighted by molar-refractivity contribution is 0.0945. The van der Waals surface area contributed by atoms with E-state index < -0.39 is 0 Å². The summed E-state index contributed by atoms with van der Waals surface area (Å²) in [4.78, 5) is 13.1. The Kier molecular flexibility index (Phi) is 3.89. The van der Waals surface area contributed by atoms with Gasteiger partial charge in [0.15, 0.2) is 5.78 Å². The zero-order chi connectivity index (χ0) is 17.3. The Hall–Kier alpha value is -2.87. The number of hydrogen-bond donors (Lipinski definition) is 0. The van der Waals surface area contributed by atoms with E-state index in [0.29, 0.717) is 6.42 Å². The zero-order valence-corrected chi connectivity index (χ0v) is 14.2. The van der Waals surface area contributed by atoms with E-state index in [4.69, 9.17) is 4.74 Å². The van der Waals surface area contributed by atoms with Gasteiger partial charge in [-0.25, -0.2) is 0 Å². The van der Waals surface area contributed by atoms with Crippen LogP contribution in [0.2, 0.25) is 0 Å². The van der Waals surface area contributed by atoms with Crippen molar-refractivity contribution in [3.05, 3.63) is 101 Å². The highest BCUT2D eigenvalue weighted by Gasteiger charge is 2.41. The molecule has 124 valence electrons. The van der Waals surface area contributed by atoms with Crippen LogP contribution in [0.4, 0.5) is 0 Å². The summed E-state index contributed by atoms with van der Waals surface area (Å²) in [6.07, 6.45) is 1.29. The van der Waals surface area contributed by atoms with Crippen LogP contribution in [0.3, 0.4) is 0 Å². The van der Waals surface area contributed by atoms with Crippen molar-refractivity contribution in [1.29, 1.82) is 0 Å². The molecule has 0 saturated heterocycles. The molecule has 0 unspecified atom stereocenters. The van der Waals surface area contributed by atoms with Gasteiger partial charge in [0.05, 0.1) is 7.11 Å². The molecule has 0 N–H and O–H groups in total. The molecule has 0 bridgehead atoms. The van der Waals surface area contributed by atoms with E-state index in [1.165, 1.54) is 11.1 Å². The monoisotopic (exact) mass is 328 g/mol. The molecule has 0 amide bonds. The summed E-state index contributed by atoms with van der Waals surface area (Å²) < 4.78 is 5.30. The fraction of sp³-hybridized carbons (Fsp3) is 0.174. The smallest absolute Gasteiger partial charge is 0.164 e. The van der Waals surface area contributed by atoms with Crippen molar-refractivity contribution >= 4 is 5.78 Å². The highest BCUT2D eigenvalue weighted by molar-refractivity contribution is 6.00. The molecule has 0 radical (unpaired) electrons. The lowest BCUT2D eigenvalue weighted by atomic mass is 9.63. The highest BCUT2D eigenvalue weighted by atomic mass is 16.5. The fourth-order valence-corrected chi connectivity index (χ4v) is 3.94. The molecular formula is C23H20O2. The van der Waals surface area contributed by atoms with Gasteiger partial charge in [-0.15, -0.1) is 0 Å². The molecule has 25 heavy (non-hydrogen) atoms. The van der Waals surface area contributed by atoms with Gasteiger partial charge in [-0.1, -0.05) is 66.7 Å². The lowest BCUT2D eigenvalue weighted by Crippen LogP contribution is -2.37. The second kappa shape index (κ2) is 6.21. The molecule has 2 heteroatoms. The Morgan fingerprint density at radius 2 is 1.40 bits per heavy atom. The molecule has 3 aromatic carbocycles. The summed E-state index contributed by atoms with van der Waals surface area (Å²) in [5, 5.41) is 0. The second-order valence-corrected chi connectivity index (χ2v) is 6.61. The maximum absolute atomic E-state index is 13.1. The van der Waals surface area contributed by atoms with Gasteiger partial charge in [0.25, 0.3) is 0 Å². The molecule has 4 rings (SSSR count). The van der Waals surface area contributed by atoms with E-state index in [1.54, 1.807) is 7.11 Å². The summed E-state index contributed by atoms with van der Waals surface area (Å²) in [5.74, 6) is 0.909. The van der Waals surface area contributed by atoms with Gasteiger partial charge >= 0.3 is 0 Å². The first-order chi connectivity index (χ1) is 12.2. The predicted octanol–water partition coefficient (Wildman–Crippen LogP) is 4.81. The second-order valence-electron chi connectivity index (χ2n) is 6.61. The van der Waals surface area contributed by atoms with Crippen molar-refractivity contribution in [1.82, 2.24) is 0 Å². The minimum atomic E-state index is -0.318. The number of rotatable bonds is 3. The molecule has 0 aromatic heterocycles. The van der Waals surface area contributed by atoms with Crippen LogP contribution in [0.15, 0.2) is 78.9 Å². The Morgan fingerprint density at radius 3 is 1.96 bits per heavy atom. The third-order valence-corrected chi connectivity index (χ3v) is 5.22. The number of carbonyl (C=O) groups is 1. The van der Waals surface area contributed by atoms with E-state index >= 15 is 0 Å². The molecule has 1 aliphatic carbocycles. The number of fused-ring (bicyclic) bond motifs is 1. The lowest BCUT2D eigenvalue weighted by Gasteiger charge is -2.38. The van der Waals surface area contributed by atoms with Crippen LogP contribution < -0.4 is 4.74 Å². The van der Waals surface area contributed by atoms with E-state index in [-0.39, 0.29) is 11.2 Å². The van der Waals surface area contributed by atoms with E-state index in [1.807, 2.05) is 54.6 Å². The number of Topliss-reactive ketones (excluding diaryl/α,β-unsaturated/α-hetero) is 1. The van der Waals surface area contributed by atoms with Crippen molar-refractivity contribution < 1.29 is 9.53 Å². The van der Waals surface area contributed by atoms with Crippen LogP contribution in [0.1, 0.15) is 33.5 Å². The van der Waals surface area contributed by atoms with E-state index in [0.717, 1.165) is 23.3 Å². The molecule has 0 spiro atoms. The molecule has 0 saturated carbocycles. The average Bonchev–Trinajstić information content (AvgIpc) is 2.69. The maximum atomic E-state index is 13.1. The van der Waals surface area contributed by atoms with Gasteiger partial charge in [-0.05, 0) is 35.2 Å². The Morgan fingerprint density at radius 1 is 0.800 bits per heavy atom. The molecule has 0 heterocycles. The van der Waals surface area contributed by atoms with Crippen LogP contribution in [0.25, 0.3) is 0 Å². The quantitative estimate of drug-likeness (QED) is 0.689. The van der Waals surface area contributed by atoms with Gasteiger partial charge in [0, 0.05) is 17.4 Å². The van der Waals surface area contributed by atoms with Gasteiger partial charge in [0.2, 0.25) is 0 Å². The van der Waals surface area contributed by atoms with Gasteiger partial charge in [0.1, 0.15) is 5.75 Å². The number of carbonyl (C=O) groups excluding carboxylic acids is 1. The molecule has 0 atom stereocenters. The minimum absolute atomic E-state index is 0.174. The first-order valence-electron chi connectivity index (χ1n) is 8.54. The molecule has 3 aromatic rings. The normalized spacial score (nSPS) is 15.5. The fourth-order valence-electron chi connectivity index (χ4n) is 3.94. The van der Waals surface area contributed by atoms with Crippen LogP contribution in [-0.2, 0) is 11.8 Å². The van der Waals surface area contributed by atoms with Gasteiger partial charge in [-0.3, -0.25) is 4.79 Å². The van der Waals surface area contributed by atoms with E-state index in [9.17, 15) is 4.79 Å². The minimum Gasteiger partial charge on any atom is -0.497 e. The molecule has 1 aliphatic rings. The van der Waals surface area contributed by atoms with Crippen molar-refractivity contribution in [2.45, 2.75) is 18.3 Å². The maximum Gasteiger partial charge on any atom is 0.164 e. The van der Waals surface area contributed by atoms with Crippen molar-refractivity contribution in [3.8, 4) is 5.75 Å². The van der Waals surface area contributed by atoms with Gasteiger partial charge in [-0.2, -0.15) is 0 Å². The Balaban J connectivity index is 1.90. The van der Waals surface area contributed by atoms with Crippen LogP contribution in [-0.4, -0.2) is 12.9 Å². The number of hydrogen-bond acceptors (Lipinski definition) is 2. The first kappa shape index (κ1) is 15.6. The standard InChI is InChI=1S/C23H20O2/c1-25-20-13-12-17-15-23(16-22(24)21(17)14-20,18-8-4-2-5-9-18)19-10-6-3-7-11-19/h2-14H,15-16H2,1H3. The molecule has 2 nitrogen and oxygen atoms in total. The third-order valence-electron chi connectivity index (χ3n) is 5.22. The van der Waals surface area contributed by atoms with Crippen LogP contribution in [0, 0.1) is 0 Å². The summed E-state index contributed by atoms with van der Waals surface area (Å²) in [5.41, 5.74) is 3.94. The topological polar surface area (TPSA) is 26.3 Å². The van der Waals surface area contributed by atoms with E-state index in [2.05, 4.69) is 24.3 Å². The molecule has 0 fully saturated rings. The first-order valence-corrected chi connectivity index (χ1v) is 8.54. The number of ether oxygens (including phenoxy) is 1. The Bertz CT molecular complexity index is 858. The SMILES string of the molecule is COc1ccc2c(c1)C(=O)CC(c1ccccc1)(c1ccccc1)C2. The number of ketones is 1. The summed E-state index contributed by atoms with van der Waals surface area (Å²) in [6, 6.07) is 26.6. The van der Waals surface area contributed by atoms with Gasteiger partial charge < -0.3 is 4.74 Å². The van der Waals surface area contributed by atoms with Crippen LogP contribution in [0.5, 0.6) is 5.75 Å². The summed E-state index contributed by atoms with van der Waals surface area (Å²) in [7, 11) is 1.63. The van der Waals surface area contributed by atoms with Crippen LogP contribution >= 0.6 is 0 Å². The largest absolute Gasteiger partial charge is 0.497 e. The summed E-state index contributed by atoms with van der Waals surface area (Å²) >= 11 is 0. The summed E-state index contributed by atoms with van der Waals surface area (Å²) in [6.45, 7) is 0. The number of benzene rings is 3. The molecular weight excluding hydrogens is 308 g/mol. The molecule has 0 aliphatic heterocycles. The average molecular weight is 328 g/mol. The zero-order valence-electron chi connectivity index (χ0n) is 14.2.